The van der Waals surface area contributed by atoms with Gasteiger partial charge in [-0.2, -0.15) is 13.2 Å². The molecule has 0 amide bonds. The van der Waals surface area contributed by atoms with Crippen LogP contribution in [0.15, 0.2) is 12.3 Å². The molecule has 20 heavy (non-hydrogen) atoms. The number of nitrogens with one attached hydrogen (secondary N) is 1. The number of hydrogen-bond donors (Lipinski definition) is 1. The average molecular weight is 289 g/mol. The number of halogens is 3. The number of nitrogens with zero attached hydrogens (tertiary/aromatic N) is 2. The van der Waals surface area contributed by atoms with Gasteiger partial charge in [-0.05, 0) is 44.9 Å². The van der Waals surface area contributed by atoms with E-state index in [1.807, 2.05) is 6.07 Å². The van der Waals surface area contributed by atoms with E-state index in [1.165, 1.54) is 7.05 Å². The Morgan fingerprint density at radius 3 is 2.30 bits per heavy atom. The van der Waals surface area contributed by atoms with E-state index in [0.717, 1.165) is 16.0 Å². The highest BCUT2D eigenvalue weighted by atomic mass is 19.4. The van der Waals surface area contributed by atoms with E-state index < -0.39 is 12.7 Å². The number of hydrogen-bond acceptors (Lipinski definition) is 3. The minimum atomic E-state index is -4.23. The third-order valence-electron chi connectivity index (χ3n) is 2.71. The molecule has 1 aromatic heterocycles. The summed E-state index contributed by atoms with van der Waals surface area (Å²) in [6, 6.07) is 1.87. The molecule has 0 aliphatic heterocycles. The Labute approximate surface area is 118 Å². The highest BCUT2D eigenvalue weighted by Gasteiger charge is 2.30. The van der Waals surface area contributed by atoms with Crippen LogP contribution < -0.4 is 10.2 Å². The smallest absolute Gasteiger partial charge is 0.350 e. The first-order valence-corrected chi connectivity index (χ1v) is 6.46. The van der Waals surface area contributed by atoms with Gasteiger partial charge in [-0.25, -0.2) is 4.98 Å². The van der Waals surface area contributed by atoms with Crippen LogP contribution in [0.2, 0.25) is 0 Å². The fraction of sp³-hybridized carbons (Fsp3) is 0.643. The maximum Gasteiger partial charge on any atom is 0.405 e. The van der Waals surface area contributed by atoms with E-state index in [2.05, 4.69) is 31.1 Å². The molecule has 3 nitrogen and oxygen atoms in total. The van der Waals surface area contributed by atoms with Crippen molar-refractivity contribution in [2.24, 2.45) is 0 Å². The standard InChI is InChI=1S/C14H22F3N3/c1-10-6-11(8-19-13(2,3)4)7-18-12(10)20(5)9-14(15,16)17/h6-7,19H,8-9H2,1-5H3. The maximum absolute atomic E-state index is 12.4. The van der Waals surface area contributed by atoms with Gasteiger partial charge in [-0.15, -0.1) is 0 Å². The van der Waals surface area contributed by atoms with Gasteiger partial charge in [-0.1, -0.05) is 0 Å². The lowest BCUT2D eigenvalue weighted by Crippen LogP contribution is -2.35. The summed E-state index contributed by atoms with van der Waals surface area (Å²) in [5.74, 6) is 0.363. The summed E-state index contributed by atoms with van der Waals surface area (Å²) in [5, 5.41) is 3.32. The van der Waals surface area contributed by atoms with Crippen molar-refractivity contribution in [3.05, 3.63) is 23.4 Å². The fourth-order valence-corrected chi connectivity index (χ4v) is 1.83. The van der Waals surface area contributed by atoms with Crippen molar-refractivity contribution in [3.63, 3.8) is 0 Å². The van der Waals surface area contributed by atoms with Crippen molar-refractivity contribution in [3.8, 4) is 0 Å². The quantitative estimate of drug-likeness (QED) is 0.922. The third-order valence-corrected chi connectivity index (χ3v) is 2.71. The van der Waals surface area contributed by atoms with Crippen LogP contribution in [0.1, 0.15) is 31.9 Å². The zero-order chi connectivity index (χ0) is 15.6. The summed E-state index contributed by atoms with van der Waals surface area (Å²) in [4.78, 5) is 5.27. The fourth-order valence-electron chi connectivity index (χ4n) is 1.83. The number of alkyl halides is 3. The predicted molar refractivity (Wildman–Crippen MR) is 74.9 cm³/mol. The zero-order valence-corrected chi connectivity index (χ0v) is 12.6. The molecule has 1 rings (SSSR count). The molecule has 0 aliphatic carbocycles. The van der Waals surface area contributed by atoms with Gasteiger partial charge in [0.05, 0.1) is 0 Å². The van der Waals surface area contributed by atoms with Gasteiger partial charge in [0.2, 0.25) is 0 Å². The highest BCUT2D eigenvalue weighted by Crippen LogP contribution is 2.22. The number of pyridine rings is 1. The SMILES string of the molecule is Cc1cc(CNC(C)(C)C)cnc1N(C)CC(F)(F)F. The molecule has 0 aromatic carbocycles. The summed E-state index contributed by atoms with van der Waals surface area (Å²) in [6.07, 6.45) is -2.61. The van der Waals surface area contributed by atoms with Gasteiger partial charge in [0.15, 0.2) is 0 Å². The molecule has 0 saturated heterocycles. The molecule has 1 N–H and O–H groups in total. The van der Waals surface area contributed by atoms with Gasteiger partial charge in [0, 0.05) is 25.3 Å². The van der Waals surface area contributed by atoms with Crippen LogP contribution in [0.3, 0.4) is 0 Å². The van der Waals surface area contributed by atoms with Crippen LogP contribution in [-0.4, -0.2) is 30.3 Å². The van der Waals surface area contributed by atoms with Crippen molar-refractivity contribution in [2.75, 3.05) is 18.5 Å². The van der Waals surface area contributed by atoms with Crippen molar-refractivity contribution >= 4 is 5.82 Å². The number of anilines is 1. The molecule has 0 fully saturated rings. The Morgan fingerprint density at radius 1 is 1.25 bits per heavy atom. The number of rotatable bonds is 4. The molecule has 0 atom stereocenters. The third kappa shape index (κ3) is 5.77. The van der Waals surface area contributed by atoms with Gasteiger partial charge in [0.1, 0.15) is 12.4 Å². The van der Waals surface area contributed by atoms with Crippen LogP contribution in [-0.2, 0) is 6.54 Å². The molecule has 6 heteroatoms. The monoisotopic (exact) mass is 289 g/mol. The van der Waals surface area contributed by atoms with E-state index in [-0.39, 0.29) is 5.54 Å². The Hall–Kier alpha value is -1.30. The van der Waals surface area contributed by atoms with Crippen LogP contribution >= 0.6 is 0 Å². The second-order valence-corrected chi connectivity index (χ2v) is 6.06. The van der Waals surface area contributed by atoms with Crippen molar-refractivity contribution in [1.82, 2.24) is 10.3 Å². The van der Waals surface area contributed by atoms with E-state index in [4.69, 9.17) is 0 Å². The summed E-state index contributed by atoms with van der Waals surface area (Å²) in [5.41, 5.74) is 1.69. The molecule has 0 saturated carbocycles. The average Bonchev–Trinajstić information content (AvgIpc) is 2.22. The van der Waals surface area contributed by atoms with Crippen LogP contribution in [0.5, 0.6) is 0 Å². The molecule has 0 aliphatic rings. The number of aromatic nitrogens is 1. The lowest BCUT2D eigenvalue weighted by molar-refractivity contribution is -0.119. The predicted octanol–water partition coefficient (Wildman–Crippen LogP) is 3.28. The Bertz CT molecular complexity index is 450. The van der Waals surface area contributed by atoms with E-state index in [9.17, 15) is 13.2 Å². The van der Waals surface area contributed by atoms with Crippen LogP contribution in [0.25, 0.3) is 0 Å². The van der Waals surface area contributed by atoms with Crippen molar-refractivity contribution in [2.45, 2.75) is 46.0 Å². The van der Waals surface area contributed by atoms with Crippen molar-refractivity contribution in [1.29, 1.82) is 0 Å². The van der Waals surface area contributed by atoms with Gasteiger partial charge < -0.3 is 10.2 Å². The van der Waals surface area contributed by atoms with Gasteiger partial charge >= 0.3 is 6.18 Å². The lowest BCUT2D eigenvalue weighted by atomic mass is 10.1. The second-order valence-electron chi connectivity index (χ2n) is 6.06. The van der Waals surface area contributed by atoms with Gasteiger partial charge in [0.25, 0.3) is 0 Å². The summed E-state index contributed by atoms with van der Waals surface area (Å²) in [7, 11) is 1.40. The Morgan fingerprint density at radius 2 is 1.85 bits per heavy atom. The first-order chi connectivity index (χ1) is 8.98. The summed E-state index contributed by atoms with van der Waals surface area (Å²) < 4.78 is 37.1. The molecule has 0 unspecified atom stereocenters. The molecule has 114 valence electrons. The lowest BCUT2D eigenvalue weighted by Gasteiger charge is -2.23. The molecular formula is C14H22F3N3. The topological polar surface area (TPSA) is 28.2 Å². The number of aryl methyl sites for hydroxylation is 1. The van der Waals surface area contributed by atoms with Crippen molar-refractivity contribution < 1.29 is 13.2 Å². The van der Waals surface area contributed by atoms with E-state index >= 15 is 0 Å². The molecule has 1 heterocycles. The normalized spacial score (nSPS) is 12.6. The largest absolute Gasteiger partial charge is 0.405 e. The Balaban J connectivity index is 2.78. The van der Waals surface area contributed by atoms with E-state index in [0.29, 0.717) is 12.4 Å². The van der Waals surface area contributed by atoms with Gasteiger partial charge in [-0.3, -0.25) is 0 Å². The minimum Gasteiger partial charge on any atom is -0.350 e. The van der Waals surface area contributed by atoms with Crippen LogP contribution in [0, 0.1) is 6.92 Å². The minimum absolute atomic E-state index is 0.0142. The highest BCUT2D eigenvalue weighted by molar-refractivity contribution is 5.46. The first kappa shape index (κ1) is 16.8. The summed E-state index contributed by atoms with van der Waals surface area (Å²) in [6.45, 7) is 7.58. The van der Waals surface area contributed by atoms with Crippen LogP contribution in [0.4, 0.5) is 19.0 Å². The molecule has 0 bridgehead atoms. The molecular weight excluding hydrogens is 267 g/mol. The van der Waals surface area contributed by atoms with E-state index in [1.54, 1.807) is 13.1 Å². The molecule has 0 radical (unpaired) electrons. The zero-order valence-electron chi connectivity index (χ0n) is 12.6. The maximum atomic E-state index is 12.4. The first-order valence-electron chi connectivity index (χ1n) is 6.46. The molecule has 0 spiro atoms. The second kappa shape index (κ2) is 5.99. The molecule has 1 aromatic rings. The Kier molecular flexibility index (Phi) is 5.02. The summed E-state index contributed by atoms with van der Waals surface area (Å²) >= 11 is 0.